The van der Waals surface area contributed by atoms with Gasteiger partial charge in [-0.15, -0.1) is 0 Å². The van der Waals surface area contributed by atoms with Gasteiger partial charge < -0.3 is 4.90 Å². The van der Waals surface area contributed by atoms with Crippen LogP contribution in [-0.2, 0) is 0 Å². The van der Waals surface area contributed by atoms with Gasteiger partial charge in [-0.1, -0.05) is 23.7 Å². The molecule has 0 aliphatic rings. The maximum atomic E-state index is 5.93. The molecule has 1 nitrogen and oxygen atoms in total. The van der Waals surface area contributed by atoms with Gasteiger partial charge in [0.05, 0.1) is 10.7 Å². The first kappa shape index (κ1) is 8.41. The molecular weight excluding hydrogens is 158 g/mol. The van der Waals surface area contributed by atoms with Crippen LogP contribution in [0.1, 0.15) is 0 Å². The second-order valence-corrected chi connectivity index (χ2v) is 2.78. The molecule has 0 N–H and O–H groups in total. The number of halogens is 1. The minimum Gasteiger partial charge on any atom is -0.373 e. The monoisotopic (exact) mass is 168 g/mol. The highest BCUT2D eigenvalue weighted by molar-refractivity contribution is 6.33. The van der Waals surface area contributed by atoms with Crippen molar-refractivity contribution in [1.29, 1.82) is 0 Å². The van der Waals surface area contributed by atoms with Gasteiger partial charge in [0.1, 0.15) is 0 Å². The van der Waals surface area contributed by atoms with Crippen molar-refractivity contribution in [2.75, 3.05) is 18.5 Å². The molecule has 0 aliphatic carbocycles. The Morgan fingerprint density at radius 3 is 2.64 bits per heavy atom. The third-order valence-electron chi connectivity index (χ3n) is 1.60. The normalized spacial score (nSPS) is 9.73. The summed E-state index contributed by atoms with van der Waals surface area (Å²) in [6, 6.07) is 7.74. The Labute approximate surface area is 72.6 Å². The standard InChI is InChI=1S/C9H11ClN/c1-3-11(2)9-7-5-4-6-8(9)10/h4-7H,1,3H2,2H3. The van der Waals surface area contributed by atoms with Crippen LogP contribution in [0.5, 0.6) is 0 Å². The summed E-state index contributed by atoms with van der Waals surface area (Å²) < 4.78 is 0. The molecule has 0 unspecified atom stereocenters. The summed E-state index contributed by atoms with van der Waals surface area (Å²) in [5.74, 6) is 0. The Hall–Kier alpha value is -0.690. The Bertz CT molecular complexity index is 235. The first-order valence-corrected chi connectivity index (χ1v) is 3.88. The number of benzene rings is 1. The van der Waals surface area contributed by atoms with E-state index in [0.717, 1.165) is 17.3 Å². The molecule has 0 spiro atoms. The molecule has 0 saturated carbocycles. The van der Waals surface area contributed by atoms with Crippen molar-refractivity contribution in [2.24, 2.45) is 0 Å². The van der Waals surface area contributed by atoms with Crippen LogP contribution in [0.4, 0.5) is 5.69 Å². The number of para-hydroxylation sites is 1. The predicted molar refractivity (Wildman–Crippen MR) is 50.1 cm³/mol. The first-order valence-electron chi connectivity index (χ1n) is 3.50. The lowest BCUT2D eigenvalue weighted by Crippen LogP contribution is -2.16. The molecule has 1 aromatic rings. The van der Waals surface area contributed by atoms with Crippen molar-refractivity contribution in [3.63, 3.8) is 0 Å². The summed E-state index contributed by atoms with van der Waals surface area (Å²) >= 11 is 5.93. The van der Waals surface area contributed by atoms with E-state index in [9.17, 15) is 0 Å². The van der Waals surface area contributed by atoms with Crippen LogP contribution in [0, 0.1) is 6.92 Å². The van der Waals surface area contributed by atoms with E-state index in [4.69, 9.17) is 11.6 Å². The van der Waals surface area contributed by atoms with E-state index in [-0.39, 0.29) is 0 Å². The fourth-order valence-corrected chi connectivity index (χ4v) is 1.16. The zero-order valence-electron chi connectivity index (χ0n) is 6.55. The molecule has 0 fully saturated rings. The zero-order chi connectivity index (χ0) is 8.27. The molecule has 0 aromatic heterocycles. The summed E-state index contributed by atoms with van der Waals surface area (Å²) in [7, 11) is 1.97. The number of nitrogens with zero attached hydrogens (tertiary/aromatic N) is 1. The molecular formula is C9H11ClN. The molecule has 0 saturated heterocycles. The fourth-order valence-electron chi connectivity index (χ4n) is 0.882. The molecule has 0 bridgehead atoms. The average Bonchev–Trinajstić information content (AvgIpc) is 2.04. The summed E-state index contributed by atoms with van der Waals surface area (Å²) in [4.78, 5) is 2.00. The molecule has 0 heterocycles. The molecule has 11 heavy (non-hydrogen) atoms. The highest BCUT2D eigenvalue weighted by Gasteiger charge is 2.00. The third kappa shape index (κ3) is 1.87. The molecule has 0 aliphatic heterocycles. The van der Waals surface area contributed by atoms with Crippen LogP contribution in [0.25, 0.3) is 0 Å². The third-order valence-corrected chi connectivity index (χ3v) is 1.92. The fraction of sp³-hybridized carbons (Fsp3) is 0.222. The van der Waals surface area contributed by atoms with Gasteiger partial charge >= 0.3 is 0 Å². The van der Waals surface area contributed by atoms with E-state index in [2.05, 4.69) is 6.92 Å². The Morgan fingerprint density at radius 2 is 2.09 bits per heavy atom. The number of rotatable bonds is 2. The number of hydrogen-bond acceptors (Lipinski definition) is 1. The summed E-state index contributed by atoms with van der Waals surface area (Å²) in [5, 5.41) is 0.777. The zero-order valence-corrected chi connectivity index (χ0v) is 7.30. The van der Waals surface area contributed by atoms with Gasteiger partial charge in [-0.05, 0) is 19.1 Å². The quantitative estimate of drug-likeness (QED) is 0.656. The molecule has 0 atom stereocenters. The van der Waals surface area contributed by atoms with Crippen molar-refractivity contribution < 1.29 is 0 Å². The van der Waals surface area contributed by atoms with Gasteiger partial charge in [0.15, 0.2) is 0 Å². The van der Waals surface area contributed by atoms with Gasteiger partial charge in [0.25, 0.3) is 0 Å². The van der Waals surface area contributed by atoms with Crippen LogP contribution in [0.3, 0.4) is 0 Å². The maximum Gasteiger partial charge on any atom is 0.0639 e. The van der Waals surface area contributed by atoms with E-state index < -0.39 is 0 Å². The van der Waals surface area contributed by atoms with E-state index in [1.54, 1.807) is 0 Å². The minimum absolute atomic E-state index is 0.726. The highest BCUT2D eigenvalue weighted by atomic mass is 35.5. The topological polar surface area (TPSA) is 3.24 Å². The molecule has 2 heteroatoms. The Kier molecular flexibility index (Phi) is 2.77. The molecule has 1 aromatic carbocycles. The van der Waals surface area contributed by atoms with Crippen molar-refractivity contribution >= 4 is 17.3 Å². The number of hydrogen-bond donors (Lipinski definition) is 0. The lowest BCUT2D eigenvalue weighted by atomic mass is 10.3. The Morgan fingerprint density at radius 1 is 1.45 bits per heavy atom. The van der Waals surface area contributed by atoms with Gasteiger partial charge in [-0.3, -0.25) is 0 Å². The van der Waals surface area contributed by atoms with Crippen LogP contribution < -0.4 is 4.90 Å². The van der Waals surface area contributed by atoms with Gasteiger partial charge in [-0.25, -0.2) is 0 Å². The SMILES string of the molecule is [CH2]CN(C)c1ccccc1Cl. The van der Waals surface area contributed by atoms with Crippen molar-refractivity contribution in [3.8, 4) is 0 Å². The second kappa shape index (κ2) is 3.63. The lowest BCUT2D eigenvalue weighted by molar-refractivity contribution is 1.03. The second-order valence-electron chi connectivity index (χ2n) is 2.37. The molecule has 1 radical (unpaired) electrons. The van der Waals surface area contributed by atoms with E-state index in [1.807, 2.05) is 36.2 Å². The minimum atomic E-state index is 0.726. The van der Waals surface area contributed by atoms with Crippen LogP contribution >= 0.6 is 11.6 Å². The molecule has 0 amide bonds. The van der Waals surface area contributed by atoms with Gasteiger partial charge in [0.2, 0.25) is 0 Å². The largest absolute Gasteiger partial charge is 0.373 e. The van der Waals surface area contributed by atoms with Gasteiger partial charge in [0, 0.05) is 13.6 Å². The van der Waals surface area contributed by atoms with Crippen molar-refractivity contribution in [3.05, 3.63) is 36.2 Å². The summed E-state index contributed by atoms with van der Waals surface area (Å²) in [6.45, 7) is 4.50. The van der Waals surface area contributed by atoms with E-state index in [0.29, 0.717) is 0 Å². The predicted octanol–water partition coefficient (Wildman–Crippen LogP) is 2.61. The molecule has 59 valence electrons. The average molecular weight is 169 g/mol. The maximum absolute atomic E-state index is 5.93. The van der Waals surface area contributed by atoms with Gasteiger partial charge in [-0.2, -0.15) is 0 Å². The van der Waals surface area contributed by atoms with Crippen molar-refractivity contribution in [2.45, 2.75) is 0 Å². The Balaban J connectivity index is 2.93. The summed E-state index contributed by atoms with van der Waals surface area (Å²) in [6.07, 6.45) is 0. The van der Waals surface area contributed by atoms with Crippen molar-refractivity contribution in [1.82, 2.24) is 0 Å². The molecule has 1 rings (SSSR count). The van der Waals surface area contributed by atoms with E-state index >= 15 is 0 Å². The van der Waals surface area contributed by atoms with Crippen LogP contribution in [0.2, 0.25) is 5.02 Å². The highest BCUT2D eigenvalue weighted by Crippen LogP contribution is 2.23. The van der Waals surface area contributed by atoms with Crippen LogP contribution in [-0.4, -0.2) is 13.6 Å². The summed E-state index contributed by atoms with van der Waals surface area (Å²) in [5.41, 5.74) is 1.03. The number of anilines is 1. The first-order chi connectivity index (χ1) is 5.25. The lowest BCUT2D eigenvalue weighted by Gasteiger charge is -2.17. The van der Waals surface area contributed by atoms with Crippen LogP contribution in [0.15, 0.2) is 24.3 Å². The van der Waals surface area contributed by atoms with E-state index in [1.165, 1.54) is 0 Å². The smallest absolute Gasteiger partial charge is 0.0639 e.